The number of carbonyl (C=O) groups is 1. The Kier molecular flexibility index (Phi) is 6.01. The molecule has 0 aliphatic heterocycles. The van der Waals surface area contributed by atoms with Crippen LogP contribution in [-0.2, 0) is 4.74 Å². The summed E-state index contributed by atoms with van der Waals surface area (Å²) in [7, 11) is 0. The van der Waals surface area contributed by atoms with E-state index in [4.69, 9.17) is 9.84 Å². The van der Waals surface area contributed by atoms with Gasteiger partial charge in [-0.05, 0) is 27.2 Å². The average molecular weight is 215 g/mol. The van der Waals surface area contributed by atoms with Gasteiger partial charge in [0.25, 0.3) is 0 Å². The molecule has 1 amide bonds. The predicted octanol–water partition coefficient (Wildman–Crippen LogP) is 1.79. The third kappa shape index (κ3) is 6.96. The number of aliphatic hydroxyl groups is 1. The smallest absolute Gasteiger partial charge is 0.410 e. The van der Waals surface area contributed by atoms with Crippen molar-refractivity contribution in [1.82, 2.24) is 4.90 Å². The minimum Gasteiger partial charge on any atom is -0.444 e. The standard InChI is InChI=1S/C11H21NO3/c1-5-6-7-12(8-9-13)10(14)15-11(2,3)4/h5,13H,1,6-9H2,2-4H3. The monoisotopic (exact) mass is 215 g/mol. The molecule has 0 aromatic heterocycles. The zero-order valence-corrected chi connectivity index (χ0v) is 9.82. The van der Waals surface area contributed by atoms with Crippen molar-refractivity contribution in [3.8, 4) is 0 Å². The molecule has 0 radical (unpaired) electrons. The van der Waals surface area contributed by atoms with Crippen LogP contribution in [0, 0.1) is 0 Å². The Morgan fingerprint density at radius 1 is 1.47 bits per heavy atom. The van der Waals surface area contributed by atoms with E-state index in [0.29, 0.717) is 19.5 Å². The summed E-state index contributed by atoms with van der Waals surface area (Å²) in [6.45, 7) is 9.79. The van der Waals surface area contributed by atoms with Crippen LogP contribution in [0.1, 0.15) is 27.2 Å². The van der Waals surface area contributed by atoms with Gasteiger partial charge in [0.1, 0.15) is 5.60 Å². The minimum absolute atomic E-state index is 0.0591. The first kappa shape index (κ1) is 14.0. The van der Waals surface area contributed by atoms with Crippen molar-refractivity contribution in [2.45, 2.75) is 32.8 Å². The third-order valence-electron chi connectivity index (χ3n) is 1.62. The first-order chi connectivity index (χ1) is 6.90. The molecule has 15 heavy (non-hydrogen) atoms. The lowest BCUT2D eigenvalue weighted by molar-refractivity contribution is 0.0222. The molecule has 0 saturated carbocycles. The second-order valence-electron chi connectivity index (χ2n) is 4.27. The molecule has 0 aromatic rings. The molecule has 4 nitrogen and oxygen atoms in total. The van der Waals surface area contributed by atoms with Crippen LogP contribution >= 0.6 is 0 Å². The van der Waals surface area contributed by atoms with Crippen LogP contribution < -0.4 is 0 Å². The van der Waals surface area contributed by atoms with E-state index in [1.807, 2.05) is 20.8 Å². The Labute approximate surface area is 91.5 Å². The molecule has 0 atom stereocenters. The highest BCUT2D eigenvalue weighted by atomic mass is 16.6. The molecule has 0 aliphatic rings. The van der Waals surface area contributed by atoms with Gasteiger partial charge < -0.3 is 14.7 Å². The van der Waals surface area contributed by atoms with Gasteiger partial charge in [-0.1, -0.05) is 6.08 Å². The van der Waals surface area contributed by atoms with Gasteiger partial charge in [0.05, 0.1) is 6.61 Å². The summed E-state index contributed by atoms with van der Waals surface area (Å²) in [5.41, 5.74) is -0.501. The van der Waals surface area contributed by atoms with Crippen molar-refractivity contribution in [2.75, 3.05) is 19.7 Å². The number of ether oxygens (including phenoxy) is 1. The van der Waals surface area contributed by atoms with Crippen molar-refractivity contribution in [3.05, 3.63) is 12.7 Å². The van der Waals surface area contributed by atoms with Gasteiger partial charge in [0.15, 0.2) is 0 Å². The van der Waals surface area contributed by atoms with Crippen LogP contribution in [0.25, 0.3) is 0 Å². The summed E-state index contributed by atoms with van der Waals surface area (Å²) in [5.74, 6) is 0. The lowest BCUT2D eigenvalue weighted by atomic mass is 10.2. The Bertz CT molecular complexity index is 208. The highest BCUT2D eigenvalue weighted by Crippen LogP contribution is 2.10. The highest BCUT2D eigenvalue weighted by molar-refractivity contribution is 5.68. The third-order valence-corrected chi connectivity index (χ3v) is 1.62. The Morgan fingerprint density at radius 3 is 2.47 bits per heavy atom. The summed E-state index contributed by atoms with van der Waals surface area (Å²) in [5, 5.41) is 8.81. The maximum absolute atomic E-state index is 11.6. The van der Waals surface area contributed by atoms with Crippen molar-refractivity contribution in [1.29, 1.82) is 0 Å². The van der Waals surface area contributed by atoms with Crippen molar-refractivity contribution in [3.63, 3.8) is 0 Å². The Balaban J connectivity index is 4.21. The molecular formula is C11H21NO3. The molecule has 0 saturated heterocycles. The topological polar surface area (TPSA) is 49.8 Å². The largest absolute Gasteiger partial charge is 0.444 e. The van der Waals surface area contributed by atoms with Crippen LogP contribution in [0.3, 0.4) is 0 Å². The van der Waals surface area contributed by atoms with Gasteiger partial charge in [0.2, 0.25) is 0 Å². The lowest BCUT2D eigenvalue weighted by Gasteiger charge is -2.26. The van der Waals surface area contributed by atoms with Gasteiger partial charge in [0, 0.05) is 13.1 Å². The Morgan fingerprint density at radius 2 is 2.07 bits per heavy atom. The molecule has 88 valence electrons. The molecule has 0 heterocycles. The molecule has 0 fully saturated rings. The maximum Gasteiger partial charge on any atom is 0.410 e. The van der Waals surface area contributed by atoms with Crippen molar-refractivity contribution in [2.24, 2.45) is 0 Å². The zero-order chi connectivity index (χ0) is 11.9. The van der Waals surface area contributed by atoms with E-state index in [0.717, 1.165) is 0 Å². The minimum atomic E-state index is -0.501. The van der Waals surface area contributed by atoms with Gasteiger partial charge in [-0.2, -0.15) is 0 Å². The van der Waals surface area contributed by atoms with Crippen LogP contribution in [-0.4, -0.2) is 41.4 Å². The fourth-order valence-electron chi connectivity index (χ4n) is 0.989. The summed E-state index contributed by atoms with van der Waals surface area (Å²) in [6.07, 6.45) is 2.03. The van der Waals surface area contributed by atoms with E-state index in [2.05, 4.69) is 6.58 Å². The fourth-order valence-corrected chi connectivity index (χ4v) is 0.989. The van der Waals surface area contributed by atoms with Gasteiger partial charge >= 0.3 is 6.09 Å². The SMILES string of the molecule is C=CCCN(CCO)C(=O)OC(C)(C)C. The molecule has 4 heteroatoms. The van der Waals surface area contributed by atoms with Crippen LogP contribution in [0.4, 0.5) is 4.79 Å². The number of hydrogen-bond acceptors (Lipinski definition) is 3. The molecular weight excluding hydrogens is 194 g/mol. The normalized spacial score (nSPS) is 10.9. The lowest BCUT2D eigenvalue weighted by Crippen LogP contribution is -2.38. The number of hydrogen-bond donors (Lipinski definition) is 1. The quantitative estimate of drug-likeness (QED) is 0.711. The number of amides is 1. The first-order valence-electron chi connectivity index (χ1n) is 5.10. The van der Waals surface area contributed by atoms with Gasteiger partial charge in [-0.3, -0.25) is 0 Å². The number of carbonyl (C=O) groups excluding carboxylic acids is 1. The average Bonchev–Trinajstić information content (AvgIpc) is 2.09. The van der Waals surface area contributed by atoms with E-state index in [9.17, 15) is 4.79 Å². The summed E-state index contributed by atoms with van der Waals surface area (Å²) < 4.78 is 5.19. The molecule has 0 rings (SSSR count). The van der Waals surface area contributed by atoms with Gasteiger partial charge in [-0.25, -0.2) is 4.79 Å². The molecule has 0 bridgehead atoms. The van der Waals surface area contributed by atoms with Crippen molar-refractivity contribution >= 4 is 6.09 Å². The van der Waals surface area contributed by atoms with E-state index in [1.165, 1.54) is 4.90 Å². The second-order valence-corrected chi connectivity index (χ2v) is 4.27. The summed E-state index contributed by atoms with van der Waals surface area (Å²) in [6, 6.07) is 0. The highest BCUT2D eigenvalue weighted by Gasteiger charge is 2.20. The molecule has 0 spiro atoms. The van der Waals surface area contributed by atoms with Crippen LogP contribution in [0.15, 0.2) is 12.7 Å². The Hall–Kier alpha value is -1.03. The maximum atomic E-state index is 11.6. The second kappa shape index (κ2) is 6.45. The molecule has 0 unspecified atom stereocenters. The molecule has 0 aliphatic carbocycles. The number of aliphatic hydroxyl groups excluding tert-OH is 1. The zero-order valence-electron chi connectivity index (χ0n) is 9.82. The van der Waals surface area contributed by atoms with Gasteiger partial charge in [-0.15, -0.1) is 6.58 Å². The first-order valence-corrected chi connectivity index (χ1v) is 5.10. The summed E-state index contributed by atoms with van der Waals surface area (Å²) in [4.78, 5) is 13.1. The van der Waals surface area contributed by atoms with E-state index in [1.54, 1.807) is 6.08 Å². The fraction of sp³-hybridized carbons (Fsp3) is 0.727. The number of nitrogens with zero attached hydrogens (tertiary/aromatic N) is 1. The van der Waals surface area contributed by atoms with E-state index in [-0.39, 0.29) is 6.61 Å². The van der Waals surface area contributed by atoms with E-state index >= 15 is 0 Å². The van der Waals surface area contributed by atoms with Crippen molar-refractivity contribution < 1.29 is 14.6 Å². The molecule has 0 aromatic carbocycles. The summed E-state index contributed by atoms with van der Waals surface area (Å²) >= 11 is 0. The molecule has 1 N–H and O–H groups in total. The van der Waals surface area contributed by atoms with E-state index < -0.39 is 11.7 Å². The predicted molar refractivity (Wildman–Crippen MR) is 59.7 cm³/mol. The number of rotatable bonds is 5. The van der Waals surface area contributed by atoms with Crippen LogP contribution in [0.2, 0.25) is 0 Å². The van der Waals surface area contributed by atoms with Crippen LogP contribution in [0.5, 0.6) is 0 Å².